The average molecular weight is 152 g/mol. The number of allylic oxidation sites excluding steroid dienone is 3. The van der Waals surface area contributed by atoms with E-state index in [9.17, 15) is 0 Å². The van der Waals surface area contributed by atoms with Gasteiger partial charge in [-0.05, 0) is 19.3 Å². The third-order valence-corrected chi connectivity index (χ3v) is 1.64. The van der Waals surface area contributed by atoms with Crippen molar-refractivity contribution in [3.8, 4) is 0 Å². The zero-order chi connectivity index (χ0) is 7.94. The maximum atomic E-state index is 5.07. The Bertz CT molecular complexity index is 143. The number of ether oxygens (including phenoxy) is 1. The van der Waals surface area contributed by atoms with Crippen molar-refractivity contribution in [1.29, 1.82) is 0 Å². The van der Waals surface area contributed by atoms with Gasteiger partial charge in [-0.15, -0.1) is 0 Å². The summed E-state index contributed by atoms with van der Waals surface area (Å²) in [5, 5.41) is 0. The summed E-state index contributed by atoms with van der Waals surface area (Å²) < 4.78 is 5.07. The summed E-state index contributed by atoms with van der Waals surface area (Å²) in [5.74, 6) is 0. The summed E-state index contributed by atoms with van der Waals surface area (Å²) in [6.45, 7) is 3.12. The van der Waals surface area contributed by atoms with Crippen LogP contribution in [0.5, 0.6) is 0 Å². The summed E-state index contributed by atoms with van der Waals surface area (Å²) >= 11 is 0. The van der Waals surface area contributed by atoms with Crippen molar-refractivity contribution in [3.05, 3.63) is 24.3 Å². The minimum Gasteiger partial charge on any atom is -0.373 e. The van der Waals surface area contributed by atoms with Crippen molar-refractivity contribution >= 4 is 0 Å². The van der Waals surface area contributed by atoms with Crippen molar-refractivity contribution in [3.63, 3.8) is 0 Å². The third kappa shape index (κ3) is 4.79. The predicted octanol–water partition coefficient (Wildman–Crippen LogP) is 2.69. The maximum Gasteiger partial charge on any atom is 0.0844 e. The Morgan fingerprint density at radius 1 is 1.27 bits per heavy atom. The quantitative estimate of drug-likeness (QED) is 0.436. The Hall–Kier alpha value is -0.560. The molecule has 0 aromatic heterocycles. The van der Waals surface area contributed by atoms with Crippen LogP contribution < -0.4 is 0 Å². The van der Waals surface area contributed by atoms with Crippen molar-refractivity contribution in [2.75, 3.05) is 6.61 Å². The van der Waals surface area contributed by atoms with Crippen LogP contribution in [-0.2, 0) is 4.74 Å². The third-order valence-electron chi connectivity index (χ3n) is 1.64. The van der Waals surface area contributed by atoms with Gasteiger partial charge in [-0.1, -0.05) is 31.2 Å². The van der Waals surface area contributed by atoms with Crippen LogP contribution in [0.2, 0.25) is 0 Å². The van der Waals surface area contributed by atoms with Gasteiger partial charge in [0.1, 0.15) is 0 Å². The summed E-state index contributed by atoms with van der Waals surface area (Å²) in [6, 6.07) is 0. The van der Waals surface area contributed by atoms with Gasteiger partial charge in [0.2, 0.25) is 0 Å². The Balaban J connectivity index is 1.91. The van der Waals surface area contributed by atoms with Crippen LogP contribution in [0.1, 0.15) is 26.2 Å². The molecule has 0 bridgehead atoms. The van der Waals surface area contributed by atoms with Crippen LogP contribution >= 0.6 is 0 Å². The van der Waals surface area contributed by atoms with Crippen LogP contribution in [0.3, 0.4) is 0 Å². The monoisotopic (exact) mass is 152 g/mol. The lowest BCUT2D eigenvalue weighted by atomic mass is 10.2. The maximum absolute atomic E-state index is 5.07. The molecule has 0 amide bonds. The molecule has 0 N–H and O–H groups in total. The average Bonchev–Trinajstić information content (AvgIpc) is 2.80. The van der Waals surface area contributed by atoms with E-state index in [0.29, 0.717) is 6.10 Å². The molecule has 11 heavy (non-hydrogen) atoms. The lowest BCUT2D eigenvalue weighted by Gasteiger charge is -1.83. The van der Waals surface area contributed by atoms with Gasteiger partial charge >= 0.3 is 0 Å². The SMILES string of the molecule is CC/C=C\C/C=C\CC1CO1. The first kappa shape index (κ1) is 8.54. The molecule has 1 unspecified atom stereocenters. The van der Waals surface area contributed by atoms with E-state index in [1.165, 1.54) is 0 Å². The smallest absolute Gasteiger partial charge is 0.0844 e. The minimum absolute atomic E-state index is 0.543. The Morgan fingerprint density at radius 2 is 2.00 bits per heavy atom. The van der Waals surface area contributed by atoms with Crippen molar-refractivity contribution in [1.82, 2.24) is 0 Å². The summed E-state index contributed by atoms with van der Waals surface area (Å²) in [5.41, 5.74) is 0. The van der Waals surface area contributed by atoms with E-state index in [4.69, 9.17) is 4.74 Å². The summed E-state index contributed by atoms with van der Waals surface area (Å²) in [7, 11) is 0. The van der Waals surface area contributed by atoms with Crippen LogP contribution in [0.25, 0.3) is 0 Å². The predicted molar refractivity (Wildman–Crippen MR) is 47.5 cm³/mol. The fourth-order valence-corrected chi connectivity index (χ4v) is 0.890. The minimum atomic E-state index is 0.543. The Morgan fingerprint density at radius 3 is 2.64 bits per heavy atom. The largest absolute Gasteiger partial charge is 0.373 e. The first-order valence-corrected chi connectivity index (χ1v) is 4.35. The number of rotatable bonds is 5. The summed E-state index contributed by atoms with van der Waals surface area (Å²) in [4.78, 5) is 0. The first-order valence-electron chi connectivity index (χ1n) is 4.35. The van der Waals surface area contributed by atoms with E-state index < -0.39 is 0 Å². The molecule has 1 heterocycles. The lowest BCUT2D eigenvalue weighted by Crippen LogP contribution is -1.77. The van der Waals surface area contributed by atoms with Gasteiger partial charge in [-0.25, -0.2) is 0 Å². The van der Waals surface area contributed by atoms with Crippen LogP contribution in [0.4, 0.5) is 0 Å². The van der Waals surface area contributed by atoms with Gasteiger partial charge in [0.05, 0.1) is 12.7 Å². The number of hydrogen-bond donors (Lipinski definition) is 0. The molecule has 0 radical (unpaired) electrons. The van der Waals surface area contributed by atoms with Crippen LogP contribution in [-0.4, -0.2) is 12.7 Å². The highest BCUT2D eigenvalue weighted by atomic mass is 16.6. The molecule has 0 spiro atoms. The highest BCUT2D eigenvalue weighted by Gasteiger charge is 2.19. The second-order valence-corrected chi connectivity index (χ2v) is 2.78. The van der Waals surface area contributed by atoms with Gasteiger partial charge in [0.25, 0.3) is 0 Å². The second-order valence-electron chi connectivity index (χ2n) is 2.78. The van der Waals surface area contributed by atoms with Gasteiger partial charge < -0.3 is 4.74 Å². The molecule has 1 heteroatoms. The molecule has 0 aromatic rings. The van der Waals surface area contributed by atoms with Gasteiger partial charge in [-0.2, -0.15) is 0 Å². The molecule has 0 saturated carbocycles. The van der Waals surface area contributed by atoms with Crippen LogP contribution in [0.15, 0.2) is 24.3 Å². The molecular formula is C10H16O. The van der Waals surface area contributed by atoms with Crippen molar-refractivity contribution in [2.45, 2.75) is 32.3 Å². The lowest BCUT2D eigenvalue weighted by molar-refractivity contribution is 0.410. The molecule has 1 aliphatic rings. The molecule has 1 rings (SSSR count). The van der Waals surface area contributed by atoms with Gasteiger partial charge in [-0.3, -0.25) is 0 Å². The van der Waals surface area contributed by atoms with E-state index in [-0.39, 0.29) is 0 Å². The Kier molecular flexibility index (Phi) is 3.99. The molecular weight excluding hydrogens is 136 g/mol. The standard InChI is InChI=1S/C10H16O/c1-2-3-4-5-6-7-8-10-9-11-10/h3-4,6-7,10H,2,5,8-9H2,1H3/b4-3-,7-6-. The van der Waals surface area contributed by atoms with Gasteiger partial charge in [0, 0.05) is 0 Å². The van der Waals surface area contributed by atoms with Crippen LogP contribution in [0, 0.1) is 0 Å². The second kappa shape index (κ2) is 5.14. The van der Waals surface area contributed by atoms with E-state index in [0.717, 1.165) is 25.9 Å². The molecule has 0 aromatic carbocycles. The highest BCUT2D eigenvalue weighted by molar-refractivity contribution is 4.94. The number of hydrogen-bond acceptors (Lipinski definition) is 1. The number of epoxide rings is 1. The fraction of sp³-hybridized carbons (Fsp3) is 0.600. The van der Waals surface area contributed by atoms with E-state index in [2.05, 4.69) is 31.2 Å². The topological polar surface area (TPSA) is 12.5 Å². The van der Waals surface area contributed by atoms with E-state index in [1.54, 1.807) is 0 Å². The fourth-order valence-electron chi connectivity index (χ4n) is 0.890. The van der Waals surface area contributed by atoms with Gasteiger partial charge in [0.15, 0.2) is 0 Å². The zero-order valence-corrected chi connectivity index (χ0v) is 7.12. The normalized spacial score (nSPS) is 23.5. The molecule has 1 nitrogen and oxygen atoms in total. The highest BCUT2D eigenvalue weighted by Crippen LogP contribution is 2.13. The molecule has 1 saturated heterocycles. The molecule has 62 valence electrons. The van der Waals surface area contributed by atoms with Crippen molar-refractivity contribution < 1.29 is 4.74 Å². The zero-order valence-electron chi connectivity index (χ0n) is 7.12. The molecule has 1 fully saturated rings. The summed E-state index contributed by atoms with van der Waals surface area (Å²) in [6.07, 6.45) is 12.6. The first-order chi connectivity index (χ1) is 5.43. The molecule has 0 aliphatic carbocycles. The molecule has 1 atom stereocenters. The van der Waals surface area contributed by atoms with Crippen molar-refractivity contribution in [2.24, 2.45) is 0 Å². The van der Waals surface area contributed by atoms with E-state index >= 15 is 0 Å². The molecule has 1 aliphatic heterocycles. The van der Waals surface area contributed by atoms with E-state index in [1.807, 2.05) is 0 Å². The Labute approximate surface area is 68.8 Å².